The van der Waals surface area contributed by atoms with Crippen LogP contribution in [-0.2, 0) is 16.0 Å². The first kappa shape index (κ1) is 19.2. The number of ether oxygens (including phenoxy) is 1. The number of nitrogens with zero attached hydrogens (tertiary/aromatic N) is 1. The summed E-state index contributed by atoms with van der Waals surface area (Å²) in [6.07, 6.45) is 2.35. The molecule has 2 heterocycles. The number of carbonyl (C=O) groups excluding carboxylic acids is 2. The minimum Gasteiger partial charge on any atom is -0.378 e. The van der Waals surface area contributed by atoms with Gasteiger partial charge in [-0.05, 0) is 30.2 Å². The number of aromatic nitrogens is 1. The predicted octanol–water partition coefficient (Wildman–Crippen LogP) is 2.68. The van der Waals surface area contributed by atoms with Crippen molar-refractivity contribution in [2.24, 2.45) is 0 Å². The normalized spacial score (nSPS) is 15.3. The maximum Gasteiger partial charge on any atom is 0.252 e. The number of para-hydroxylation sites is 1. The van der Waals surface area contributed by atoms with E-state index in [1.54, 1.807) is 11.0 Å². The zero-order chi connectivity index (χ0) is 20.2. The molecule has 150 valence electrons. The Morgan fingerprint density at radius 2 is 1.83 bits per heavy atom. The maximum atomic E-state index is 13.3. The highest BCUT2D eigenvalue weighted by Crippen LogP contribution is 2.20. The van der Waals surface area contributed by atoms with E-state index in [4.69, 9.17) is 4.74 Å². The van der Waals surface area contributed by atoms with Gasteiger partial charge in [0.05, 0.1) is 13.2 Å². The molecule has 0 spiro atoms. The number of benzene rings is 2. The largest absolute Gasteiger partial charge is 0.378 e. The molecule has 2 amide bonds. The summed E-state index contributed by atoms with van der Waals surface area (Å²) in [7, 11) is 0. The van der Waals surface area contributed by atoms with Gasteiger partial charge >= 0.3 is 0 Å². The number of hydrogen-bond donors (Lipinski definition) is 2. The van der Waals surface area contributed by atoms with Gasteiger partial charge in [0.1, 0.15) is 6.04 Å². The smallest absolute Gasteiger partial charge is 0.252 e. The highest BCUT2D eigenvalue weighted by molar-refractivity contribution is 5.99. The molecule has 29 heavy (non-hydrogen) atoms. The van der Waals surface area contributed by atoms with Gasteiger partial charge in [-0.15, -0.1) is 0 Å². The molecule has 0 radical (unpaired) electrons. The van der Waals surface area contributed by atoms with Gasteiger partial charge in [0, 0.05) is 42.2 Å². The van der Waals surface area contributed by atoms with E-state index in [1.165, 1.54) is 0 Å². The molecule has 1 fully saturated rings. The monoisotopic (exact) mass is 391 g/mol. The number of carbonyl (C=O) groups is 2. The van der Waals surface area contributed by atoms with Gasteiger partial charge in [0.15, 0.2) is 0 Å². The van der Waals surface area contributed by atoms with Gasteiger partial charge in [-0.25, -0.2) is 0 Å². The van der Waals surface area contributed by atoms with Gasteiger partial charge in [0.2, 0.25) is 5.91 Å². The van der Waals surface area contributed by atoms with Crippen LogP contribution >= 0.6 is 0 Å². The quantitative estimate of drug-likeness (QED) is 0.702. The molecule has 1 aliphatic heterocycles. The van der Waals surface area contributed by atoms with Crippen molar-refractivity contribution in [3.8, 4) is 0 Å². The van der Waals surface area contributed by atoms with Gasteiger partial charge in [-0.1, -0.05) is 36.4 Å². The van der Waals surface area contributed by atoms with Crippen LogP contribution in [0.5, 0.6) is 0 Å². The summed E-state index contributed by atoms with van der Waals surface area (Å²) < 4.78 is 5.37. The van der Waals surface area contributed by atoms with Crippen molar-refractivity contribution in [1.29, 1.82) is 0 Å². The number of hydrogen-bond acceptors (Lipinski definition) is 3. The summed E-state index contributed by atoms with van der Waals surface area (Å²) in [4.78, 5) is 31.2. The van der Waals surface area contributed by atoms with Crippen molar-refractivity contribution in [2.45, 2.75) is 19.4 Å². The van der Waals surface area contributed by atoms with Gasteiger partial charge < -0.3 is 19.9 Å². The molecule has 4 rings (SSSR count). The van der Waals surface area contributed by atoms with Crippen molar-refractivity contribution in [3.63, 3.8) is 0 Å². The third kappa shape index (κ3) is 4.17. The lowest BCUT2D eigenvalue weighted by atomic mass is 10.0. The molecular formula is C23H25N3O3. The summed E-state index contributed by atoms with van der Waals surface area (Å²) in [5, 5.41) is 4.06. The van der Waals surface area contributed by atoms with Crippen LogP contribution in [0.2, 0.25) is 0 Å². The first-order valence-corrected chi connectivity index (χ1v) is 9.91. The second-order valence-corrected chi connectivity index (χ2v) is 7.34. The predicted molar refractivity (Wildman–Crippen MR) is 112 cm³/mol. The molecule has 0 saturated carbocycles. The SMILES string of the molecule is Cc1ccccc1C(=O)N[C@@H](Cc1c[nH]c2ccccc12)C(=O)N1CCOCC1. The molecule has 3 aromatic rings. The van der Waals surface area contributed by atoms with Crippen LogP contribution < -0.4 is 5.32 Å². The first-order valence-electron chi connectivity index (χ1n) is 9.91. The first-order chi connectivity index (χ1) is 14.1. The lowest BCUT2D eigenvalue weighted by Gasteiger charge is -2.31. The number of morpholine rings is 1. The number of fused-ring (bicyclic) bond motifs is 1. The van der Waals surface area contributed by atoms with Crippen LogP contribution in [0.15, 0.2) is 54.7 Å². The van der Waals surface area contributed by atoms with Crippen molar-refractivity contribution in [1.82, 2.24) is 15.2 Å². The van der Waals surface area contributed by atoms with E-state index in [0.717, 1.165) is 22.0 Å². The van der Waals surface area contributed by atoms with Gasteiger partial charge in [0.25, 0.3) is 5.91 Å². The topological polar surface area (TPSA) is 74.4 Å². The van der Waals surface area contributed by atoms with E-state index in [0.29, 0.717) is 38.3 Å². The Kier molecular flexibility index (Phi) is 5.62. The van der Waals surface area contributed by atoms with Crippen molar-refractivity contribution in [3.05, 3.63) is 71.4 Å². The highest BCUT2D eigenvalue weighted by Gasteiger charge is 2.28. The molecule has 1 saturated heterocycles. The van der Waals surface area contributed by atoms with Crippen LogP contribution in [0.4, 0.5) is 0 Å². The number of H-pyrrole nitrogens is 1. The van der Waals surface area contributed by atoms with E-state index in [2.05, 4.69) is 10.3 Å². The minimum atomic E-state index is -0.639. The molecule has 2 N–H and O–H groups in total. The van der Waals surface area contributed by atoms with E-state index in [-0.39, 0.29) is 11.8 Å². The molecule has 6 nitrogen and oxygen atoms in total. The number of aryl methyl sites for hydroxylation is 1. The second kappa shape index (κ2) is 8.49. The average molecular weight is 391 g/mol. The molecule has 0 aliphatic carbocycles. The van der Waals surface area contributed by atoms with Crippen molar-refractivity contribution in [2.75, 3.05) is 26.3 Å². The van der Waals surface area contributed by atoms with Crippen LogP contribution in [-0.4, -0.2) is 54.0 Å². The van der Waals surface area contributed by atoms with Crippen LogP contribution in [0.25, 0.3) is 10.9 Å². The fraction of sp³-hybridized carbons (Fsp3) is 0.304. The third-order valence-electron chi connectivity index (χ3n) is 5.41. The molecule has 2 aromatic carbocycles. The molecule has 1 aromatic heterocycles. The van der Waals surface area contributed by atoms with E-state index in [1.807, 2.05) is 55.6 Å². The summed E-state index contributed by atoms with van der Waals surface area (Å²) in [5.74, 6) is -0.296. The summed E-state index contributed by atoms with van der Waals surface area (Å²) >= 11 is 0. The molecule has 1 atom stereocenters. The lowest BCUT2D eigenvalue weighted by molar-refractivity contribution is -0.137. The van der Waals surface area contributed by atoms with Crippen LogP contribution in [0.1, 0.15) is 21.5 Å². The summed E-state index contributed by atoms with van der Waals surface area (Å²) in [5.41, 5.74) is 3.50. The van der Waals surface area contributed by atoms with E-state index < -0.39 is 6.04 Å². The third-order valence-corrected chi connectivity index (χ3v) is 5.41. The average Bonchev–Trinajstić information content (AvgIpc) is 3.16. The molecule has 1 aliphatic rings. The lowest BCUT2D eigenvalue weighted by Crippen LogP contribution is -2.52. The molecule has 6 heteroatoms. The second-order valence-electron chi connectivity index (χ2n) is 7.34. The Morgan fingerprint density at radius 3 is 2.62 bits per heavy atom. The Labute approximate surface area is 169 Å². The number of amides is 2. The van der Waals surface area contributed by atoms with Crippen molar-refractivity contribution >= 4 is 22.7 Å². The number of nitrogens with one attached hydrogen (secondary N) is 2. The fourth-order valence-electron chi connectivity index (χ4n) is 3.79. The standard InChI is InChI=1S/C23H25N3O3/c1-16-6-2-3-7-18(16)22(27)25-21(23(28)26-10-12-29-13-11-26)14-17-15-24-20-9-5-4-8-19(17)20/h2-9,15,21,24H,10-14H2,1H3,(H,25,27)/t21-/m0/s1. The highest BCUT2D eigenvalue weighted by atomic mass is 16.5. The Balaban J connectivity index is 1.60. The fourth-order valence-corrected chi connectivity index (χ4v) is 3.79. The molecular weight excluding hydrogens is 366 g/mol. The zero-order valence-electron chi connectivity index (χ0n) is 16.5. The number of rotatable bonds is 5. The molecule has 0 unspecified atom stereocenters. The maximum absolute atomic E-state index is 13.3. The zero-order valence-corrected chi connectivity index (χ0v) is 16.5. The summed E-state index contributed by atoms with van der Waals surface area (Å²) in [6.45, 7) is 4.04. The van der Waals surface area contributed by atoms with Gasteiger partial charge in [-0.2, -0.15) is 0 Å². The number of aromatic amines is 1. The van der Waals surface area contributed by atoms with E-state index in [9.17, 15) is 9.59 Å². The Bertz CT molecular complexity index is 1020. The Hall–Kier alpha value is -3.12. The van der Waals surface area contributed by atoms with Crippen molar-refractivity contribution < 1.29 is 14.3 Å². The minimum absolute atomic E-state index is 0.0690. The van der Waals surface area contributed by atoms with Crippen LogP contribution in [0, 0.1) is 6.92 Å². The summed E-state index contributed by atoms with van der Waals surface area (Å²) in [6, 6.07) is 14.8. The molecule has 0 bridgehead atoms. The van der Waals surface area contributed by atoms with Crippen LogP contribution in [0.3, 0.4) is 0 Å². The van der Waals surface area contributed by atoms with E-state index >= 15 is 0 Å². The van der Waals surface area contributed by atoms with Gasteiger partial charge in [-0.3, -0.25) is 9.59 Å². The Morgan fingerprint density at radius 1 is 1.10 bits per heavy atom.